The lowest BCUT2D eigenvalue weighted by molar-refractivity contribution is -0.150. The Hall–Kier alpha value is -0.850. The Morgan fingerprint density at radius 3 is 2.76 bits per heavy atom. The molecular formula is C15H27N3O3. The zero-order chi connectivity index (χ0) is 15.3. The first kappa shape index (κ1) is 15.1. The predicted octanol–water partition coefficient (Wildman–Crippen LogP) is 0.668. The van der Waals surface area contributed by atoms with Crippen molar-refractivity contribution in [3.63, 3.8) is 0 Å². The van der Waals surface area contributed by atoms with E-state index in [0.29, 0.717) is 12.1 Å². The molecule has 0 aromatic carbocycles. The lowest BCUT2D eigenvalue weighted by Crippen LogP contribution is -2.83. The summed E-state index contributed by atoms with van der Waals surface area (Å²) >= 11 is 0. The first-order valence-electron chi connectivity index (χ1n) is 7.88. The van der Waals surface area contributed by atoms with Crippen LogP contribution in [0.5, 0.6) is 0 Å². The maximum atomic E-state index is 12.2. The fourth-order valence-corrected chi connectivity index (χ4v) is 3.69. The first-order chi connectivity index (χ1) is 9.82. The van der Waals surface area contributed by atoms with Crippen LogP contribution in [0.3, 0.4) is 0 Å². The van der Waals surface area contributed by atoms with Gasteiger partial charge < -0.3 is 19.7 Å². The number of likely N-dealkylation sites (tertiary alicyclic amines) is 1. The van der Waals surface area contributed by atoms with Gasteiger partial charge in [0.15, 0.2) is 0 Å². The van der Waals surface area contributed by atoms with Gasteiger partial charge in [-0.2, -0.15) is 0 Å². The third-order valence-electron chi connectivity index (χ3n) is 4.85. The number of carbonyl (C=O) groups is 1. The van der Waals surface area contributed by atoms with Crippen molar-refractivity contribution in [2.75, 3.05) is 39.4 Å². The van der Waals surface area contributed by atoms with Crippen molar-refractivity contribution >= 4 is 6.09 Å². The molecule has 3 aliphatic heterocycles. The topological polar surface area (TPSA) is 54.0 Å². The summed E-state index contributed by atoms with van der Waals surface area (Å²) in [6.07, 6.45) is -0.198. The zero-order valence-corrected chi connectivity index (χ0v) is 13.5. The van der Waals surface area contributed by atoms with Crippen molar-refractivity contribution in [1.29, 1.82) is 0 Å². The van der Waals surface area contributed by atoms with Gasteiger partial charge in [-0.15, -0.1) is 0 Å². The Bertz CT molecular complexity index is 415. The average Bonchev–Trinajstić information content (AvgIpc) is 2.34. The molecule has 0 radical (unpaired) electrons. The average molecular weight is 297 g/mol. The van der Waals surface area contributed by atoms with E-state index in [1.165, 1.54) is 0 Å². The van der Waals surface area contributed by atoms with Crippen LogP contribution in [0.15, 0.2) is 0 Å². The number of fused-ring (bicyclic) bond motifs is 2. The summed E-state index contributed by atoms with van der Waals surface area (Å²) in [6.45, 7) is 12.9. The molecular weight excluding hydrogens is 270 g/mol. The second kappa shape index (κ2) is 5.11. The molecule has 3 rings (SSSR count). The first-order valence-corrected chi connectivity index (χ1v) is 7.88. The van der Waals surface area contributed by atoms with Gasteiger partial charge in [0.25, 0.3) is 0 Å². The normalized spacial score (nSPS) is 32.5. The number of nitrogens with zero attached hydrogens (tertiary/aromatic N) is 2. The van der Waals surface area contributed by atoms with E-state index in [1.54, 1.807) is 0 Å². The number of amides is 1. The van der Waals surface area contributed by atoms with Gasteiger partial charge in [0.1, 0.15) is 5.60 Å². The molecule has 3 saturated heterocycles. The molecule has 120 valence electrons. The number of hydrogen-bond acceptors (Lipinski definition) is 5. The molecule has 21 heavy (non-hydrogen) atoms. The van der Waals surface area contributed by atoms with Crippen LogP contribution in [0.4, 0.5) is 4.79 Å². The predicted molar refractivity (Wildman–Crippen MR) is 79.3 cm³/mol. The second-order valence-corrected chi connectivity index (χ2v) is 7.49. The highest BCUT2D eigenvalue weighted by molar-refractivity contribution is 5.70. The van der Waals surface area contributed by atoms with E-state index < -0.39 is 5.60 Å². The van der Waals surface area contributed by atoms with Gasteiger partial charge in [0.2, 0.25) is 0 Å². The van der Waals surface area contributed by atoms with E-state index in [1.807, 2.05) is 25.7 Å². The molecule has 0 bridgehead atoms. The summed E-state index contributed by atoms with van der Waals surface area (Å²) in [5, 5.41) is 3.58. The molecule has 0 aromatic heterocycles. The fraction of sp³-hybridized carbons (Fsp3) is 0.933. The molecule has 0 saturated carbocycles. The molecule has 0 aromatic rings. The molecule has 3 aliphatic rings. The number of morpholine rings is 1. The van der Waals surface area contributed by atoms with Crippen LogP contribution in [0, 0.1) is 0 Å². The van der Waals surface area contributed by atoms with Crippen LogP contribution < -0.4 is 5.32 Å². The quantitative estimate of drug-likeness (QED) is 0.712. The number of hydrogen-bond donors (Lipinski definition) is 1. The van der Waals surface area contributed by atoms with Gasteiger partial charge in [-0.3, -0.25) is 4.90 Å². The van der Waals surface area contributed by atoms with Gasteiger partial charge in [-0.25, -0.2) is 4.79 Å². The smallest absolute Gasteiger partial charge is 0.410 e. The van der Waals surface area contributed by atoms with Crippen LogP contribution >= 0.6 is 0 Å². The van der Waals surface area contributed by atoms with Crippen LogP contribution in [0.1, 0.15) is 27.7 Å². The van der Waals surface area contributed by atoms with Gasteiger partial charge in [0, 0.05) is 38.3 Å². The van der Waals surface area contributed by atoms with Gasteiger partial charge in [-0.1, -0.05) is 0 Å². The van der Waals surface area contributed by atoms with Crippen LogP contribution in [-0.4, -0.2) is 78.5 Å². The molecule has 1 N–H and O–H groups in total. The minimum atomic E-state index is -0.433. The summed E-state index contributed by atoms with van der Waals surface area (Å²) in [7, 11) is 0. The standard InChI is InChI=1S/C15H27N3O3/c1-11-15(18-5-6-20-8-12(18)7-16-11)9-17(10-15)13(19)21-14(2,3)4/h11-12,16H,5-10H2,1-4H3. The number of ether oxygens (including phenoxy) is 2. The molecule has 6 nitrogen and oxygen atoms in total. The minimum Gasteiger partial charge on any atom is -0.444 e. The highest BCUT2D eigenvalue weighted by Crippen LogP contribution is 2.37. The summed E-state index contributed by atoms with van der Waals surface area (Å²) in [6, 6.07) is 0.807. The van der Waals surface area contributed by atoms with Crippen molar-refractivity contribution < 1.29 is 14.3 Å². The number of piperazine rings is 1. The fourth-order valence-electron chi connectivity index (χ4n) is 3.69. The molecule has 1 amide bonds. The maximum absolute atomic E-state index is 12.2. The molecule has 3 heterocycles. The number of carbonyl (C=O) groups excluding carboxylic acids is 1. The highest BCUT2D eigenvalue weighted by atomic mass is 16.6. The van der Waals surface area contributed by atoms with E-state index in [4.69, 9.17) is 9.47 Å². The lowest BCUT2D eigenvalue weighted by atomic mass is 9.78. The molecule has 2 unspecified atom stereocenters. The summed E-state index contributed by atoms with van der Waals surface area (Å²) < 4.78 is 11.1. The Kier molecular flexibility index (Phi) is 3.66. The Morgan fingerprint density at radius 2 is 2.10 bits per heavy atom. The summed E-state index contributed by atoms with van der Waals surface area (Å²) in [5.74, 6) is 0. The van der Waals surface area contributed by atoms with E-state index >= 15 is 0 Å². The van der Waals surface area contributed by atoms with Crippen LogP contribution in [0.25, 0.3) is 0 Å². The molecule has 6 heteroatoms. The largest absolute Gasteiger partial charge is 0.444 e. The molecule has 0 aliphatic carbocycles. The summed E-state index contributed by atoms with van der Waals surface area (Å²) in [5.41, 5.74) is -0.388. The van der Waals surface area contributed by atoms with Crippen LogP contribution in [0.2, 0.25) is 0 Å². The Morgan fingerprint density at radius 1 is 1.38 bits per heavy atom. The van der Waals surface area contributed by atoms with Crippen LogP contribution in [-0.2, 0) is 9.47 Å². The number of rotatable bonds is 0. The van der Waals surface area contributed by atoms with Crippen molar-refractivity contribution in [2.45, 2.75) is 50.9 Å². The number of nitrogens with one attached hydrogen (secondary N) is 1. The highest BCUT2D eigenvalue weighted by Gasteiger charge is 2.57. The monoisotopic (exact) mass is 297 g/mol. The minimum absolute atomic E-state index is 0.0452. The van der Waals surface area contributed by atoms with E-state index in [-0.39, 0.29) is 11.6 Å². The molecule has 3 fully saturated rings. The second-order valence-electron chi connectivity index (χ2n) is 7.49. The SMILES string of the molecule is CC1NCC2COCCN2C12CN(C(=O)OC(C)(C)C)C2. The maximum Gasteiger partial charge on any atom is 0.410 e. The third kappa shape index (κ3) is 2.64. The van der Waals surface area contributed by atoms with Crippen molar-refractivity contribution in [2.24, 2.45) is 0 Å². The lowest BCUT2D eigenvalue weighted by Gasteiger charge is -2.63. The summed E-state index contributed by atoms with van der Waals surface area (Å²) in [4.78, 5) is 16.5. The van der Waals surface area contributed by atoms with E-state index in [2.05, 4.69) is 17.1 Å². The van der Waals surface area contributed by atoms with Crippen molar-refractivity contribution in [3.05, 3.63) is 0 Å². The Balaban J connectivity index is 1.67. The zero-order valence-electron chi connectivity index (χ0n) is 13.5. The van der Waals surface area contributed by atoms with Crippen molar-refractivity contribution in [3.8, 4) is 0 Å². The van der Waals surface area contributed by atoms with Crippen molar-refractivity contribution in [1.82, 2.24) is 15.1 Å². The third-order valence-corrected chi connectivity index (χ3v) is 4.85. The van der Waals surface area contributed by atoms with Gasteiger partial charge in [-0.05, 0) is 27.7 Å². The molecule has 2 atom stereocenters. The van der Waals surface area contributed by atoms with Gasteiger partial charge in [0.05, 0.1) is 18.8 Å². The van der Waals surface area contributed by atoms with Gasteiger partial charge >= 0.3 is 6.09 Å². The van der Waals surface area contributed by atoms with E-state index in [0.717, 1.165) is 39.4 Å². The Labute approximate surface area is 126 Å². The molecule has 1 spiro atoms. The van der Waals surface area contributed by atoms with E-state index in [9.17, 15) is 4.79 Å².